The van der Waals surface area contributed by atoms with E-state index in [4.69, 9.17) is 10.5 Å². The summed E-state index contributed by atoms with van der Waals surface area (Å²) in [6.07, 6.45) is 1.17. The molecule has 5 nitrogen and oxygen atoms in total. The van der Waals surface area contributed by atoms with E-state index in [9.17, 15) is 8.42 Å². The minimum Gasteiger partial charge on any atom is -0.495 e. The Hall–Kier alpha value is -1.11. The van der Waals surface area contributed by atoms with E-state index in [2.05, 4.69) is 5.32 Å². The monoisotopic (exact) mass is 272 g/mol. The van der Waals surface area contributed by atoms with Crippen molar-refractivity contribution in [3.05, 3.63) is 23.8 Å². The Labute approximate surface area is 108 Å². The molecule has 0 fully saturated rings. The molecule has 1 aromatic rings. The minimum atomic E-state index is -3.27. The summed E-state index contributed by atoms with van der Waals surface area (Å²) in [5.74, 6) is 0.372. The average molecular weight is 272 g/mol. The Kier molecular flexibility index (Phi) is 5.13. The van der Waals surface area contributed by atoms with Crippen LogP contribution in [0.1, 0.15) is 18.5 Å². The number of rotatable bonds is 6. The number of nitrogens with two attached hydrogens (primary N) is 1. The lowest BCUT2D eigenvalue weighted by molar-refractivity contribution is 0.401. The van der Waals surface area contributed by atoms with E-state index in [1.807, 2.05) is 6.92 Å². The van der Waals surface area contributed by atoms with Crippen molar-refractivity contribution in [2.24, 2.45) is 5.73 Å². The molecular formula is C12H20N2O3S. The number of methoxy groups -OCH3 is 1. The summed E-state index contributed by atoms with van der Waals surface area (Å²) in [6.45, 7) is 3.25. The number of sulfone groups is 1. The minimum absolute atomic E-state index is 0.0936. The van der Waals surface area contributed by atoms with E-state index in [0.29, 0.717) is 18.8 Å². The van der Waals surface area contributed by atoms with Gasteiger partial charge in [-0.25, -0.2) is 8.42 Å². The standard InChI is InChI=1S/C12H20N2O3S/c1-9(14-7-6-13)10-4-5-12(18(3,15)16)11(8-10)17-2/h4-5,8-9,14H,6-7,13H2,1-3H3. The molecule has 18 heavy (non-hydrogen) atoms. The fourth-order valence-electron chi connectivity index (χ4n) is 1.68. The van der Waals surface area contributed by atoms with Gasteiger partial charge in [0.05, 0.1) is 7.11 Å². The van der Waals surface area contributed by atoms with Gasteiger partial charge in [-0.15, -0.1) is 0 Å². The number of hydrogen-bond donors (Lipinski definition) is 2. The molecule has 3 N–H and O–H groups in total. The van der Waals surface area contributed by atoms with Crippen LogP contribution < -0.4 is 15.8 Å². The summed E-state index contributed by atoms with van der Waals surface area (Å²) in [5, 5.41) is 3.23. The SMILES string of the molecule is COc1cc(C(C)NCCN)ccc1S(C)(=O)=O. The highest BCUT2D eigenvalue weighted by Gasteiger charge is 2.16. The Morgan fingerprint density at radius 3 is 2.61 bits per heavy atom. The lowest BCUT2D eigenvalue weighted by atomic mass is 10.1. The van der Waals surface area contributed by atoms with E-state index < -0.39 is 9.84 Å². The lowest BCUT2D eigenvalue weighted by Crippen LogP contribution is -2.25. The van der Waals surface area contributed by atoms with E-state index in [1.54, 1.807) is 18.2 Å². The average Bonchev–Trinajstić information content (AvgIpc) is 2.33. The van der Waals surface area contributed by atoms with Crippen molar-refractivity contribution >= 4 is 9.84 Å². The van der Waals surface area contributed by atoms with Gasteiger partial charge in [0.2, 0.25) is 0 Å². The van der Waals surface area contributed by atoms with Gasteiger partial charge in [-0.3, -0.25) is 0 Å². The molecule has 6 heteroatoms. The summed E-state index contributed by atoms with van der Waals surface area (Å²) in [4.78, 5) is 0.208. The molecule has 1 aromatic carbocycles. The molecule has 0 heterocycles. The summed E-state index contributed by atoms with van der Waals surface area (Å²) in [7, 11) is -1.81. The number of benzene rings is 1. The van der Waals surface area contributed by atoms with Gasteiger partial charge in [0.25, 0.3) is 0 Å². The van der Waals surface area contributed by atoms with Crippen LogP contribution in [0.5, 0.6) is 5.75 Å². The zero-order valence-corrected chi connectivity index (χ0v) is 11.8. The van der Waals surface area contributed by atoms with Gasteiger partial charge in [-0.2, -0.15) is 0 Å². The van der Waals surface area contributed by atoms with Gasteiger partial charge < -0.3 is 15.8 Å². The van der Waals surface area contributed by atoms with Gasteiger partial charge in [-0.1, -0.05) is 6.07 Å². The Bertz CT molecular complexity index is 500. The van der Waals surface area contributed by atoms with E-state index in [0.717, 1.165) is 5.56 Å². The van der Waals surface area contributed by atoms with Crippen LogP contribution in [0.2, 0.25) is 0 Å². The first-order valence-corrected chi connectivity index (χ1v) is 7.60. The van der Waals surface area contributed by atoms with Crippen LogP contribution >= 0.6 is 0 Å². The molecule has 1 rings (SSSR count). The third-order valence-electron chi connectivity index (χ3n) is 2.68. The van der Waals surface area contributed by atoms with E-state index in [-0.39, 0.29) is 10.9 Å². The predicted octanol–water partition coefficient (Wildman–Crippen LogP) is 0.708. The first kappa shape index (κ1) is 14.9. The fraction of sp³-hybridized carbons (Fsp3) is 0.500. The normalized spacial score (nSPS) is 13.3. The highest BCUT2D eigenvalue weighted by Crippen LogP contribution is 2.27. The van der Waals surface area contributed by atoms with Gasteiger partial charge in [0.1, 0.15) is 10.6 Å². The van der Waals surface area contributed by atoms with Crippen molar-refractivity contribution in [1.82, 2.24) is 5.32 Å². The Balaban J connectivity index is 3.06. The zero-order valence-electron chi connectivity index (χ0n) is 10.9. The fourth-order valence-corrected chi connectivity index (χ4v) is 2.50. The molecule has 0 radical (unpaired) electrons. The molecule has 0 aliphatic rings. The second kappa shape index (κ2) is 6.17. The predicted molar refractivity (Wildman–Crippen MR) is 71.6 cm³/mol. The topological polar surface area (TPSA) is 81.4 Å². The summed E-state index contributed by atoms with van der Waals surface area (Å²) < 4.78 is 28.2. The molecule has 0 aromatic heterocycles. The van der Waals surface area contributed by atoms with Gasteiger partial charge in [0, 0.05) is 25.4 Å². The van der Waals surface area contributed by atoms with Crippen LogP contribution in [0.4, 0.5) is 0 Å². The number of ether oxygens (including phenoxy) is 1. The van der Waals surface area contributed by atoms with Crippen molar-refractivity contribution < 1.29 is 13.2 Å². The maximum Gasteiger partial charge on any atom is 0.179 e. The Morgan fingerprint density at radius 2 is 2.11 bits per heavy atom. The van der Waals surface area contributed by atoms with Gasteiger partial charge in [-0.05, 0) is 24.6 Å². The van der Waals surface area contributed by atoms with Crippen LogP contribution in [0.25, 0.3) is 0 Å². The van der Waals surface area contributed by atoms with E-state index >= 15 is 0 Å². The highest BCUT2D eigenvalue weighted by molar-refractivity contribution is 7.90. The molecule has 0 bridgehead atoms. The van der Waals surface area contributed by atoms with Crippen LogP contribution in [-0.2, 0) is 9.84 Å². The maximum atomic E-state index is 11.6. The zero-order chi connectivity index (χ0) is 13.8. The number of hydrogen-bond acceptors (Lipinski definition) is 5. The third kappa shape index (κ3) is 3.69. The quantitative estimate of drug-likeness (QED) is 0.797. The number of nitrogens with one attached hydrogen (secondary N) is 1. The van der Waals surface area contributed by atoms with Crippen LogP contribution in [0.3, 0.4) is 0 Å². The molecule has 0 saturated carbocycles. The molecule has 1 atom stereocenters. The largest absolute Gasteiger partial charge is 0.495 e. The van der Waals surface area contributed by atoms with Gasteiger partial charge in [0.15, 0.2) is 9.84 Å². The second-order valence-electron chi connectivity index (χ2n) is 4.15. The molecular weight excluding hydrogens is 252 g/mol. The molecule has 0 spiro atoms. The van der Waals surface area contributed by atoms with Crippen molar-refractivity contribution in [1.29, 1.82) is 0 Å². The molecule has 102 valence electrons. The van der Waals surface area contributed by atoms with Crippen molar-refractivity contribution in [2.45, 2.75) is 17.9 Å². The molecule has 0 saturated heterocycles. The van der Waals surface area contributed by atoms with Crippen molar-refractivity contribution in [2.75, 3.05) is 26.5 Å². The first-order valence-electron chi connectivity index (χ1n) is 5.71. The van der Waals surface area contributed by atoms with Crippen LogP contribution in [0, 0.1) is 0 Å². The second-order valence-corrected chi connectivity index (χ2v) is 6.13. The summed E-state index contributed by atoms with van der Waals surface area (Å²) >= 11 is 0. The maximum absolute atomic E-state index is 11.6. The molecule has 0 amide bonds. The first-order chi connectivity index (χ1) is 8.40. The summed E-state index contributed by atoms with van der Waals surface area (Å²) in [5.41, 5.74) is 6.39. The molecule has 0 aliphatic carbocycles. The summed E-state index contributed by atoms with van der Waals surface area (Å²) in [6, 6.07) is 5.19. The highest BCUT2D eigenvalue weighted by atomic mass is 32.2. The Morgan fingerprint density at radius 1 is 1.44 bits per heavy atom. The van der Waals surface area contributed by atoms with Crippen molar-refractivity contribution in [3.8, 4) is 5.75 Å². The van der Waals surface area contributed by atoms with Crippen molar-refractivity contribution in [3.63, 3.8) is 0 Å². The van der Waals surface area contributed by atoms with Gasteiger partial charge >= 0.3 is 0 Å². The van der Waals surface area contributed by atoms with E-state index in [1.165, 1.54) is 13.4 Å². The van der Waals surface area contributed by atoms with Crippen LogP contribution in [-0.4, -0.2) is 34.9 Å². The smallest absolute Gasteiger partial charge is 0.179 e. The van der Waals surface area contributed by atoms with Crippen LogP contribution in [0.15, 0.2) is 23.1 Å². The third-order valence-corrected chi connectivity index (χ3v) is 3.82. The molecule has 0 aliphatic heterocycles. The molecule has 1 unspecified atom stereocenters. The lowest BCUT2D eigenvalue weighted by Gasteiger charge is -2.16.